The summed E-state index contributed by atoms with van der Waals surface area (Å²) in [7, 11) is 0. The molecular weight excluding hydrogens is 314 g/mol. The molecular formula is C18H24ClNO3. The molecule has 0 aliphatic carbocycles. The maximum absolute atomic E-state index is 12.7. The van der Waals surface area contributed by atoms with E-state index >= 15 is 0 Å². The van der Waals surface area contributed by atoms with E-state index in [1.54, 1.807) is 17.0 Å². The number of amides is 1. The number of carbonyl (C=O) groups is 2. The van der Waals surface area contributed by atoms with Gasteiger partial charge in [-0.3, -0.25) is 9.59 Å². The SMILES string of the molecule is CC(C(=O)N1C[C@@H](C(=O)O)[C@H](c2ccc(Cl)cc2)C1)C(C)(C)C. The molecule has 1 aromatic rings. The molecule has 0 radical (unpaired) electrons. The number of likely N-dealkylation sites (tertiary alicyclic amines) is 1. The molecule has 1 heterocycles. The standard InChI is InChI=1S/C18H24ClNO3/c1-11(18(2,3)4)16(21)20-9-14(15(10-20)17(22)23)12-5-7-13(19)8-6-12/h5-8,11,14-15H,9-10H2,1-4H3,(H,22,23)/t11?,14-,15+/m0/s1. The van der Waals surface area contributed by atoms with Crippen LogP contribution < -0.4 is 0 Å². The molecule has 1 unspecified atom stereocenters. The highest BCUT2D eigenvalue weighted by molar-refractivity contribution is 6.30. The second-order valence-electron chi connectivity index (χ2n) is 7.43. The number of hydrogen-bond acceptors (Lipinski definition) is 2. The number of hydrogen-bond donors (Lipinski definition) is 1. The first kappa shape index (κ1) is 17.8. The van der Waals surface area contributed by atoms with Crippen molar-refractivity contribution in [2.45, 2.75) is 33.6 Å². The smallest absolute Gasteiger partial charge is 0.308 e. The fraction of sp³-hybridized carbons (Fsp3) is 0.556. The Morgan fingerprint density at radius 3 is 2.26 bits per heavy atom. The maximum atomic E-state index is 12.7. The first-order valence-electron chi connectivity index (χ1n) is 7.88. The molecule has 1 aliphatic rings. The first-order valence-corrected chi connectivity index (χ1v) is 8.26. The van der Waals surface area contributed by atoms with Crippen LogP contribution >= 0.6 is 11.6 Å². The van der Waals surface area contributed by atoms with Crippen molar-refractivity contribution < 1.29 is 14.7 Å². The normalized spacial score (nSPS) is 22.9. The van der Waals surface area contributed by atoms with Gasteiger partial charge in [0.15, 0.2) is 0 Å². The molecule has 1 amide bonds. The predicted molar refractivity (Wildman–Crippen MR) is 90.5 cm³/mol. The molecule has 126 valence electrons. The van der Waals surface area contributed by atoms with Crippen LogP contribution in [0.2, 0.25) is 5.02 Å². The molecule has 23 heavy (non-hydrogen) atoms. The first-order chi connectivity index (χ1) is 10.6. The average molecular weight is 338 g/mol. The van der Waals surface area contributed by atoms with Crippen molar-refractivity contribution in [1.82, 2.24) is 4.90 Å². The Hall–Kier alpha value is -1.55. The largest absolute Gasteiger partial charge is 0.481 e. The third kappa shape index (κ3) is 3.86. The molecule has 3 atom stereocenters. The van der Waals surface area contributed by atoms with Crippen molar-refractivity contribution in [3.05, 3.63) is 34.9 Å². The van der Waals surface area contributed by atoms with E-state index in [-0.39, 0.29) is 29.7 Å². The molecule has 1 saturated heterocycles. The van der Waals surface area contributed by atoms with Crippen LogP contribution in [0.1, 0.15) is 39.2 Å². The van der Waals surface area contributed by atoms with E-state index in [1.165, 1.54) is 0 Å². The monoisotopic (exact) mass is 337 g/mol. The van der Waals surface area contributed by atoms with Gasteiger partial charge in [0.25, 0.3) is 0 Å². The number of rotatable bonds is 3. The number of halogens is 1. The van der Waals surface area contributed by atoms with E-state index in [0.29, 0.717) is 11.6 Å². The molecule has 0 spiro atoms. The lowest BCUT2D eigenvalue weighted by atomic mass is 9.81. The van der Waals surface area contributed by atoms with Gasteiger partial charge < -0.3 is 10.0 Å². The Bertz CT molecular complexity index is 591. The number of carboxylic acid groups (broad SMARTS) is 1. The molecule has 0 bridgehead atoms. The summed E-state index contributed by atoms with van der Waals surface area (Å²) < 4.78 is 0. The lowest BCUT2D eigenvalue weighted by Gasteiger charge is -2.30. The van der Waals surface area contributed by atoms with Crippen LogP contribution in [0, 0.1) is 17.3 Å². The number of carbonyl (C=O) groups excluding carboxylic acids is 1. The van der Waals surface area contributed by atoms with Gasteiger partial charge in [-0.15, -0.1) is 0 Å². The molecule has 1 aromatic carbocycles. The van der Waals surface area contributed by atoms with E-state index in [9.17, 15) is 14.7 Å². The summed E-state index contributed by atoms with van der Waals surface area (Å²) >= 11 is 5.91. The Morgan fingerprint density at radius 2 is 1.78 bits per heavy atom. The van der Waals surface area contributed by atoms with Gasteiger partial charge in [-0.1, -0.05) is 51.4 Å². The summed E-state index contributed by atoms with van der Waals surface area (Å²) in [5, 5.41) is 10.2. The van der Waals surface area contributed by atoms with Gasteiger partial charge in [-0.05, 0) is 23.1 Å². The van der Waals surface area contributed by atoms with Crippen LogP contribution in [0.4, 0.5) is 0 Å². The molecule has 0 aromatic heterocycles. The van der Waals surface area contributed by atoms with Crippen LogP contribution in [0.5, 0.6) is 0 Å². The second kappa shape index (κ2) is 6.52. The van der Waals surface area contributed by atoms with E-state index in [2.05, 4.69) is 0 Å². The fourth-order valence-corrected chi connectivity index (χ4v) is 3.05. The van der Waals surface area contributed by atoms with Gasteiger partial charge in [-0.2, -0.15) is 0 Å². The third-order valence-corrected chi connectivity index (χ3v) is 5.17. The van der Waals surface area contributed by atoms with Gasteiger partial charge in [0.05, 0.1) is 5.92 Å². The van der Waals surface area contributed by atoms with E-state index < -0.39 is 11.9 Å². The highest BCUT2D eigenvalue weighted by atomic mass is 35.5. The molecule has 2 rings (SSSR count). The van der Waals surface area contributed by atoms with Crippen molar-refractivity contribution in [2.24, 2.45) is 17.3 Å². The van der Waals surface area contributed by atoms with Crippen LogP contribution in [0.25, 0.3) is 0 Å². The summed E-state index contributed by atoms with van der Waals surface area (Å²) in [6.07, 6.45) is 0. The van der Waals surface area contributed by atoms with Gasteiger partial charge in [0, 0.05) is 29.9 Å². The average Bonchev–Trinajstić information content (AvgIpc) is 2.91. The minimum atomic E-state index is -0.858. The van der Waals surface area contributed by atoms with Crippen molar-refractivity contribution in [1.29, 1.82) is 0 Å². The Labute approximate surface area is 142 Å². The zero-order chi connectivity index (χ0) is 17.4. The van der Waals surface area contributed by atoms with E-state index in [1.807, 2.05) is 39.8 Å². The summed E-state index contributed by atoms with van der Waals surface area (Å²) in [6.45, 7) is 8.69. The third-order valence-electron chi connectivity index (χ3n) is 4.92. The van der Waals surface area contributed by atoms with Crippen molar-refractivity contribution in [3.8, 4) is 0 Å². The quantitative estimate of drug-likeness (QED) is 0.915. The Morgan fingerprint density at radius 1 is 1.22 bits per heavy atom. The zero-order valence-electron chi connectivity index (χ0n) is 14.0. The zero-order valence-corrected chi connectivity index (χ0v) is 14.8. The van der Waals surface area contributed by atoms with Crippen LogP contribution in [0.15, 0.2) is 24.3 Å². The molecule has 1 N–H and O–H groups in total. The number of aliphatic carboxylic acids is 1. The molecule has 1 aliphatic heterocycles. The lowest BCUT2D eigenvalue weighted by molar-refractivity contribution is -0.142. The van der Waals surface area contributed by atoms with Crippen LogP contribution in [0.3, 0.4) is 0 Å². The van der Waals surface area contributed by atoms with Gasteiger partial charge in [0.2, 0.25) is 5.91 Å². The number of carboxylic acids is 1. The summed E-state index contributed by atoms with van der Waals surface area (Å²) in [5.74, 6) is -1.75. The highest BCUT2D eigenvalue weighted by Crippen LogP contribution is 2.36. The molecule has 5 heteroatoms. The highest BCUT2D eigenvalue weighted by Gasteiger charge is 2.42. The number of benzene rings is 1. The topological polar surface area (TPSA) is 57.6 Å². The van der Waals surface area contributed by atoms with Crippen molar-refractivity contribution >= 4 is 23.5 Å². The van der Waals surface area contributed by atoms with E-state index in [4.69, 9.17) is 11.6 Å². The molecule has 1 fully saturated rings. The lowest BCUT2D eigenvalue weighted by Crippen LogP contribution is -2.39. The van der Waals surface area contributed by atoms with Crippen LogP contribution in [-0.2, 0) is 9.59 Å². The Balaban J connectivity index is 2.23. The summed E-state index contributed by atoms with van der Waals surface area (Å²) in [6, 6.07) is 7.23. The minimum absolute atomic E-state index is 0.0280. The van der Waals surface area contributed by atoms with Gasteiger partial charge in [0.1, 0.15) is 0 Å². The predicted octanol–water partition coefficient (Wildman–Crippen LogP) is 3.65. The van der Waals surface area contributed by atoms with E-state index in [0.717, 1.165) is 5.56 Å². The van der Waals surface area contributed by atoms with Gasteiger partial charge in [-0.25, -0.2) is 0 Å². The maximum Gasteiger partial charge on any atom is 0.308 e. The summed E-state index contributed by atoms with van der Waals surface area (Å²) in [4.78, 5) is 26.0. The molecule has 0 saturated carbocycles. The molecule has 4 nitrogen and oxygen atoms in total. The van der Waals surface area contributed by atoms with Crippen LogP contribution in [-0.4, -0.2) is 35.0 Å². The summed E-state index contributed by atoms with van der Waals surface area (Å²) in [5.41, 5.74) is 0.772. The Kier molecular flexibility index (Phi) is 5.04. The number of nitrogens with zero attached hydrogens (tertiary/aromatic N) is 1. The van der Waals surface area contributed by atoms with Crippen molar-refractivity contribution in [3.63, 3.8) is 0 Å². The fourth-order valence-electron chi connectivity index (χ4n) is 2.93. The van der Waals surface area contributed by atoms with Gasteiger partial charge >= 0.3 is 5.97 Å². The van der Waals surface area contributed by atoms with Crippen molar-refractivity contribution in [2.75, 3.05) is 13.1 Å². The minimum Gasteiger partial charge on any atom is -0.481 e. The second-order valence-corrected chi connectivity index (χ2v) is 7.87.